The molecule has 0 aromatic carbocycles. The highest BCUT2D eigenvalue weighted by Crippen LogP contribution is 2.61. The van der Waals surface area contributed by atoms with Crippen molar-refractivity contribution in [2.45, 2.75) is 58.0 Å². The smallest absolute Gasteiger partial charge is 0.327 e. The molecule has 3 fully saturated rings. The van der Waals surface area contributed by atoms with E-state index < -0.39 is 5.97 Å². The molecule has 6 nitrogen and oxygen atoms in total. The minimum absolute atomic E-state index is 0.154. The molecule has 0 radical (unpaired) electrons. The van der Waals surface area contributed by atoms with Crippen LogP contribution in [0.15, 0.2) is 15.9 Å². The lowest BCUT2D eigenvalue weighted by Gasteiger charge is -2.62. The summed E-state index contributed by atoms with van der Waals surface area (Å²) in [4.78, 5) is 25.0. The third-order valence-corrected chi connectivity index (χ3v) is 7.29. The van der Waals surface area contributed by atoms with Crippen molar-refractivity contribution < 1.29 is 9.53 Å². The van der Waals surface area contributed by atoms with Crippen LogP contribution in [0.25, 0.3) is 0 Å². The van der Waals surface area contributed by atoms with Crippen LogP contribution in [0, 0.1) is 23.2 Å². The van der Waals surface area contributed by atoms with Crippen molar-refractivity contribution in [1.29, 1.82) is 0 Å². The summed E-state index contributed by atoms with van der Waals surface area (Å²) in [6.45, 7) is 8.95. The molecule has 1 aromatic rings. The Labute approximate surface area is 159 Å². The predicted molar refractivity (Wildman–Crippen MR) is 103 cm³/mol. The number of anilines is 1. The molecule has 3 saturated carbocycles. The Morgan fingerprint density at radius 1 is 1.46 bits per heavy atom. The lowest BCUT2D eigenvalue weighted by molar-refractivity contribution is -0.144. The van der Waals surface area contributed by atoms with Crippen molar-refractivity contribution in [3.63, 3.8) is 0 Å². The Morgan fingerprint density at radius 3 is 2.77 bits per heavy atom. The fraction of sp³-hybridized carbons (Fsp3) is 0.737. The average molecular weight is 380 g/mol. The Hall–Kier alpha value is -1.50. The average Bonchev–Trinajstić information content (AvgIpc) is 2.59. The van der Waals surface area contributed by atoms with Crippen LogP contribution in [0.3, 0.4) is 0 Å². The molecule has 7 heteroatoms. The third-order valence-electron chi connectivity index (χ3n) is 6.48. The van der Waals surface area contributed by atoms with Crippen molar-refractivity contribution >= 4 is 23.4 Å². The van der Waals surface area contributed by atoms with E-state index in [2.05, 4.69) is 31.2 Å². The van der Waals surface area contributed by atoms with Crippen molar-refractivity contribution in [2.75, 3.05) is 18.2 Å². The van der Waals surface area contributed by atoms with Gasteiger partial charge in [0.2, 0.25) is 0 Å². The summed E-state index contributed by atoms with van der Waals surface area (Å²) in [5.74, 6) is 1.59. The van der Waals surface area contributed by atoms with Gasteiger partial charge in [-0.1, -0.05) is 20.8 Å². The van der Waals surface area contributed by atoms with Crippen molar-refractivity contribution in [3.05, 3.63) is 16.6 Å². The van der Waals surface area contributed by atoms with Crippen LogP contribution in [0.1, 0.15) is 40.5 Å². The Bertz CT molecular complexity index is 746. The molecule has 26 heavy (non-hydrogen) atoms. The van der Waals surface area contributed by atoms with E-state index in [0.29, 0.717) is 28.9 Å². The van der Waals surface area contributed by atoms with Crippen LogP contribution in [0.5, 0.6) is 0 Å². The van der Waals surface area contributed by atoms with Gasteiger partial charge in [-0.3, -0.25) is 9.59 Å². The van der Waals surface area contributed by atoms with Crippen molar-refractivity contribution in [3.8, 4) is 0 Å². The molecule has 4 atom stereocenters. The molecule has 0 saturated heterocycles. The number of thioether (sulfide) groups is 1. The molecule has 0 spiro atoms. The van der Waals surface area contributed by atoms with Gasteiger partial charge in [0.1, 0.15) is 6.54 Å². The predicted octanol–water partition coefficient (Wildman–Crippen LogP) is 3.01. The number of hydrogen-bond acceptors (Lipinski definition) is 6. The highest BCUT2D eigenvalue weighted by Gasteiger charge is 2.56. The second kappa shape index (κ2) is 7.25. The first-order chi connectivity index (χ1) is 12.3. The van der Waals surface area contributed by atoms with Gasteiger partial charge in [-0.05, 0) is 49.2 Å². The molecule has 0 amide bonds. The summed E-state index contributed by atoms with van der Waals surface area (Å²) in [6, 6.07) is 0.361. The van der Waals surface area contributed by atoms with E-state index in [0.717, 1.165) is 23.9 Å². The number of rotatable bonds is 6. The number of carbonyl (C=O) groups is 1. The summed E-state index contributed by atoms with van der Waals surface area (Å²) >= 11 is 1.39. The second-order valence-electron chi connectivity index (χ2n) is 8.07. The quantitative estimate of drug-likeness (QED) is 0.605. The van der Waals surface area contributed by atoms with Gasteiger partial charge in [0, 0.05) is 6.04 Å². The summed E-state index contributed by atoms with van der Waals surface area (Å²) < 4.78 is 6.10. The monoisotopic (exact) mass is 379 g/mol. The first-order valence-electron chi connectivity index (χ1n) is 9.35. The third kappa shape index (κ3) is 3.26. The number of hydrogen-bond donors (Lipinski definition) is 1. The number of aromatic nitrogens is 2. The zero-order valence-electron chi connectivity index (χ0n) is 16.2. The molecule has 1 N–H and O–H groups in total. The SMILES string of the molecule is CCOC(=O)Cn1ncc(N[C@@H]2C[C@@H]3C[C@H]([C@H]2C)C3(C)C)c(SC)c1=O. The van der Waals surface area contributed by atoms with Gasteiger partial charge in [0.15, 0.2) is 0 Å². The van der Waals surface area contributed by atoms with Gasteiger partial charge in [0.25, 0.3) is 5.56 Å². The maximum absolute atomic E-state index is 12.7. The van der Waals surface area contributed by atoms with Crippen molar-refractivity contribution in [2.24, 2.45) is 23.2 Å². The maximum atomic E-state index is 12.7. The minimum atomic E-state index is -0.446. The van der Waals surface area contributed by atoms with Gasteiger partial charge < -0.3 is 10.1 Å². The van der Waals surface area contributed by atoms with E-state index in [9.17, 15) is 9.59 Å². The number of fused-ring (bicyclic) bond motifs is 2. The Morgan fingerprint density at radius 2 is 2.19 bits per heavy atom. The molecule has 1 heterocycles. The zero-order valence-corrected chi connectivity index (χ0v) is 17.1. The highest BCUT2D eigenvalue weighted by atomic mass is 32.2. The maximum Gasteiger partial charge on any atom is 0.327 e. The zero-order chi connectivity index (χ0) is 19.1. The molecule has 0 aliphatic heterocycles. The molecule has 3 aliphatic rings. The number of ether oxygens (including phenoxy) is 1. The largest absolute Gasteiger partial charge is 0.465 e. The lowest BCUT2D eigenvalue weighted by atomic mass is 9.45. The van der Waals surface area contributed by atoms with Crippen LogP contribution in [0.2, 0.25) is 0 Å². The van der Waals surface area contributed by atoms with Crippen molar-refractivity contribution in [1.82, 2.24) is 9.78 Å². The molecule has 144 valence electrons. The molecular weight excluding hydrogens is 350 g/mol. The van der Waals surface area contributed by atoms with E-state index in [1.165, 1.54) is 22.9 Å². The molecular formula is C19H29N3O3S. The first kappa shape index (κ1) is 19.3. The molecule has 0 unspecified atom stereocenters. The van der Waals surface area contributed by atoms with E-state index >= 15 is 0 Å². The summed E-state index contributed by atoms with van der Waals surface area (Å²) in [5, 5.41) is 7.77. The van der Waals surface area contributed by atoms with Crippen LogP contribution >= 0.6 is 11.8 Å². The molecule has 3 aliphatic carbocycles. The Kier molecular flexibility index (Phi) is 5.37. The van der Waals surface area contributed by atoms with Gasteiger partial charge in [-0.2, -0.15) is 5.10 Å². The minimum Gasteiger partial charge on any atom is -0.465 e. The number of nitrogens with zero attached hydrogens (tertiary/aromatic N) is 2. The van der Waals surface area contributed by atoms with E-state index in [1.807, 2.05) is 6.26 Å². The van der Waals surface area contributed by atoms with Gasteiger partial charge in [0.05, 0.1) is 23.4 Å². The molecule has 1 aromatic heterocycles. The first-order valence-corrected chi connectivity index (χ1v) is 10.6. The number of carbonyl (C=O) groups excluding carboxylic acids is 1. The summed E-state index contributed by atoms with van der Waals surface area (Å²) in [6.07, 6.45) is 6.00. The van der Waals surface area contributed by atoms with Crippen LogP contribution < -0.4 is 10.9 Å². The Balaban J connectivity index is 1.78. The fourth-order valence-corrected chi connectivity index (χ4v) is 5.36. The van der Waals surface area contributed by atoms with Crippen LogP contribution in [0.4, 0.5) is 5.69 Å². The number of nitrogens with one attached hydrogen (secondary N) is 1. The normalized spacial score (nSPS) is 29.0. The van der Waals surface area contributed by atoms with Crippen LogP contribution in [-0.4, -0.2) is 34.7 Å². The van der Waals surface area contributed by atoms with Gasteiger partial charge >= 0.3 is 5.97 Å². The highest BCUT2D eigenvalue weighted by molar-refractivity contribution is 7.98. The van der Waals surface area contributed by atoms with E-state index in [1.54, 1.807) is 13.1 Å². The van der Waals surface area contributed by atoms with Crippen LogP contribution in [-0.2, 0) is 16.1 Å². The molecule has 4 rings (SSSR count). The summed E-state index contributed by atoms with van der Waals surface area (Å²) in [7, 11) is 0. The van der Waals surface area contributed by atoms with E-state index in [-0.39, 0.29) is 12.1 Å². The standard InChI is InChI=1S/C19H29N3O3S/c1-6-25-16(23)10-22-18(24)17(26-5)15(9-20-22)21-14-8-12-7-13(11(14)2)19(12,3)4/h9,11-14,21H,6-8,10H2,1-5H3/t11-,12+,13-,14-/m1/s1. The lowest BCUT2D eigenvalue weighted by Crippen LogP contribution is -2.58. The number of esters is 1. The second-order valence-corrected chi connectivity index (χ2v) is 8.88. The van der Waals surface area contributed by atoms with Gasteiger partial charge in [-0.25, -0.2) is 4.68 Å². The van der Waals surface area contributed by atoms with Gasteiger partial charge in [-0.15, -0.1) is 11.8 Å². The van der Waals surface area contributed by atoms with E-state index in [4.69, 9.17) is 4.74 Å². The topological polar surface area (TPSA) is 73.2 Å². The fourth-order valence-electron chi connectivity index (χ4n) is 4.75. The summed E-state index contributed by atoms with van der Waals surface area (Å²) in [5.41, 5.74) is 0.962. The molecule has 2 bridgehead atoms.